The molecule has 4 aromatic carbocycles. The van der Waals surface area contributed by atoms with Crippen LogP contribution in [0.15, 0.2) is 109 Å². The van der Waals surface area contributed by atoms with E-state index in [1.165, 1.54) is 0 Å². The van der Waals surface area contributed by atoms with Crippen LogP contribution in [0.4, 0.5) is 5.69 Å². The van der Waals surface area contributed by atoms with Gasteiger partial charge in [-0.1, -0.05) is 78.9 Å². The lowest BCUT2D eigenvalue weighted by Gasteiger charge is -2.20. The number of carbonyl (C=O) groups excluding carboxylic acids is 1. The van der Waals surface area contributed by atoms with Crippen LogP contribution in [-0.4, -0.2) is 5.91 Å². The SMILES string of the molecule is NN(C(=O)c1ccccc1)c1ccc(OCc2ccccc2)c(OCc2ccccc2)c1. The Kier molecular flexibility index (Phi) is 6.80. The van der Waals surface area contributed by atoms with Gasteiger partial charge in [-0.3, -0.25) is 4.79 Å². The van der Waals surface area contributed by atoms with Crippen LogP contribution in [0.2, 0.25) is 0 Å². The molecule has 2 N–H and O–H groups in total. The molecular weight excluding hydrogens is 400 g/mol. The van der Waals surface area contributed by atoms with E-state index in [-0.39, 0.29) is 5.91 Å². The quantitative estimate of drug-likeness (QED) is 0.235. The molecule has 1 amide bonds. The van der Waals surface area contributed by atoms with Crippen LogP contribution in [0.1, 0.15) is 21.5 Å². The van der Waals surface area contributed by atoms with Gasteiger partial charge in [0.15, 0.2) is 11.5 Å². The third-order valence-corrected chi connectivity index (χ3v) is 4.92. The van der Waals surface area contributed by atoms with Crippen LogP contribution >= 0.6 is 0 Å². The van der Waals surface area contributed by atoms with E-state index >= 15 is 0 Å². The van der Waals surface area contributed by atoms with Gasteiger partial charge in [0, 0.05) is 11.6 Å². The second kappa shape index (κ2) is 10.3. The summed E-state index contributed by atoms with van der Waals surface area (Å²) in [5.74, 6) is 6.93. The Hall–Kier alpha value is -4.09. The van der Waals surface area contributed by atoms with Crippen LogP contribution in [-0.2, 0) is 13.2 Å². The van der Waals surface area contributed by atoms with Gasteiger partial charge in [0.25, 0.3) is 5.91 Å². The van der Waals surface area contributed by atoms with Gasteiger partial charge in [0.2, 0.25) is 0 Å². The first-order valence-electron chi connectivity index (χ1n) is 10.3. The van der Waals surface area contributed by atoms with Crippen molar-refractivity contribution in [2.24, 2.45) is 5.84 Å². The molecule has 5 heteroatoms. The van der Waals surface area contributed by atoms with Gasteiger partial charge >= 0.3 is 0 Å². The Balaban J connectivity index is 1.57. The smallest absolute Gasteiger partial charge is 0.272 e. The first-order valence-corrected chi connectivity index (χ1v) is 10.3. The van der Waals surface area contributed by atoms with Gasteiger partial charge in [-0.2, -0.15) is 0 Å². The van der Waals surface area contributed by atoms with Gasteiger partial charge < -0.3 is 9.47 Å². The number of ether oxygens (including phenoxy) is 2. The number of amides is 1. The van der Waals surface area contributed by atoms with Crippen molar-refractivity contribution in [3.8, 4) is 11.5 Å². The number of hydrogen-bond donors (Lipinski definition) is 1. The Morgan fingerprint density at radius 3 is 1.72 bits per heavy atom. The topological polar surface area (TPSA) is 64.8 Å². The van der Waals surface area contributed by atoms with Crippen LogP contribution in [0.3, 0.4) is 0 Å². The lowest BCUT2D eigenvalue weighted by Crippen LogP contribution is -2.37. The van der Waals surface area contributed by atoms with Crippen molar-refractivity contribution < 1.29 is 14.3 Å². The fourth-order valence-electron chi connectivity index (χ4n) is 3.19. The minimum absolute atomic E-state index is 0.308. The van der Waals surface area contributed by atoms with Gasteiger partial charge in [-0.15, -0.1) is 0 Å². The molecule has 0 aliphatic carbocycles. The Morgan fingerprint density at radius 1 is 0.656 bits per heavy atom. The molecule has 0 spiro atoms. The second-order valence-electron chi connectivity index (χ2n) is 7.22. The number of hydrogen-bond acceptors (Lipinski definition) is 4. The number of nitrogens with two attached hydrogens (primary N) is 1. The third-order valence-electron chi connectivity index (χ3n) is 4.92. The van der Waals surface area contributed by atoms with Gasteiger partial charge in [-0.05, 0) is 35.4 Å². The minimum Gasteiger partial charge on any atom is -0.485 e. The molecule has 0 heterocycles. The monoisotopic (exact) mass is 424 g/mol. The van der Waals surface area contributed by atoms with E-state index in [2.05, 4.69) is 0 Å². The van der Waals surface area contributed by atoms with Gasteiger partial charge in [0.05, 0.1) is 5.69 Å². The summed E-state index contributed by atoms with van der Waals surface area (Å²) < 4.78 is 12.1. The predicted octanol–water partition coefficient (Wildman–Crippen LogP) is 5.37. The van der Waals surface area contributed by atoms with Crippen molar-refractivity contribution in [1.29, 1.82) is 0 Å². The Bertz CT molecular complexity index is 1150. The summed E-state index contributed by atoms with van der Waals surface area (Å²) in [5.41, 5.74) is 3.09. The fraction of sp³-hybridized carbons (Fsp3) is 0.0741. The highest BCUT2D eigenvalue weighted by Crippen LogP contribution is 2.33. The standard InChI is InChI=1S/C27H24N2O3/c28-29(27(30)23-14-8-3-9-15-23)24-16-17-25(31-19-21-10-4-1-5-11-21)26(18-24)32-20-22-12-6-2-7-13-22/h1-18H,19-20,28H2. The molecule has 0 unspecified atom stereocenters. The number of nitrogens with zero attached hydrogens (tertiary/aromatic N) is 1. The van der Waals surface area contributed by atoms with Crippen LogP contribution in [0, 0.1) is 0 Å². The molecule has 0 aromatic heterocycles. The highest BCUT2D eigenvalue weighted by atomic mass is 16.5. The maximum atomic E-state index is 12.8. The van der Waals surface area contributed by atoms with E-state index in [4.69, 9.17) is 15.3 Å². The van der Waals surface area contributed by atoms with E-state index in [0.717, 1.165) is 16.1 Å². The molecule has 4 aromatic rings. The number of anilines is 1. The van der Waals surface area contributed by atoms with E-state index in [0.29, 0.717) is 36.0 Å². The average molecular weight is 425 g/mol. The molecule has 0 saturated carbocycles. The molecule has 0 radical (unpaired) electrons. The largest absolute Gasteiger partial charge is 0.485 e. The van der Waals surface area contributed by atoms with Crippen LogP contribution in [0.5, 0.6) is 11.5 Å². The van der Waals surface area contributed by atoms with E-state index in [1.807, 2.05) is 66.7 Å². The molecule has 0 saturated heterocycles. The summed E-state index contributed by atoms with van der Waals surface area (Å²) >= 11 is 0. The average Bonchev–Trinajstić information content (AvgIpc) is 2.87. The van der Waals surface area contributed by atoms with Crippen LogP contribution in [0.25, 0.3) is 0 Å². The van der Waals surface area contributed by atoms with Gasteiger partial charge in [0.1, 0.15) is 13.2 Å². The molecule has 0 aliphatic rings. The Morgan fingerprint density at radius 2 is 1.16 bits per heavy atom. The van der Waals surface area contributed by atoms with Crippen molar-refractivity contribution in [2.45, 2.75) is 13.2 Å². The van der Waals surface area contributed by atoms with Crippen molar-refractivity contribution in [2.75, 3.05) is 5.01 Å². The zero-order valence-electron chi connectivity index (χ0n) is 17.6. The summed E-state index contributed by atoms with van der Waals surface area (Å²) in [6.45, 7) is 0.764. The molecule has 4 rings (SSSR count). The van der Waals surface area contributed by atoms with Crippen molar-refractivity contribution in [1.82, 2.24) is 0 Å². The first kappa shape index (κ1) is 21.2. The number of rotatable bonds is 8. The summed E-state index contributed by atoms with van der Waals surface area (Å²) in [5, 5.41) is 1.12. The maximum Gasteiger partial charge on any atom is 0.272 e. The fourth-order valence-corrected chi connectivity index (χ4v) is 3.19. The molecule has 5 nitrogen and oxygen atoms in total. The lowest BCUT2D eigenvalue weighted by atomic mass is 10.2. The summed E-state index contributed by atoms with van der Waals surface area (Å²) in [6, 6.07) is 33.9. The summed E-state index contributed by atoms with van der Waals surface area (Å²) in [6.07, 6.45) is 0. The molecule has 0 fully saturated rings. The second-order valence-corrected chi connectivity index (χ2v) is 7.22. The highest BCUT2D eigenvalue weighted by molar-refractivity contribution is 6.05. The number of benzene rings is 4. The zero-order chi connectivity index (χ0) is 22.2. The predicted molar refractivity (Wildman–Crippen MR) is 125 cm³/mol. The van der Waals surface area contributed by atoms with E-state index in [9.17, 15) is 4.79 Å². The zero-order valence-corrected chi connectivity index (χ0v) is 17.6. The first-order chi connectivity index (χ1) is 15.7. The van der Waals surface area contributed by atoms with Crippen molar-refractivity contribution in [3.05, 3.63) is 126 Å². The molecule has 160 valence electrons. The molecule has 0 atom stereocenters. The normalized spacial score (nSPS) is 10.4. The van der Waals surface area contributed by atoms with Gasteiger partial charge in [-0.25, -0.2) is 10.9 Å². The van der Waals surface area contributed by atoms with Crippen molar-refractivity contribution in [3.63, 3.8) is 0 Å². The molecule has 0 bridgehead atoms. The number of carbonyl (C=O) groups is 1. The van der Waals surface area contributed by atoms with E-state index in [1.54, 1.807) is 42.5 Å². The third kappa shape index (κ3) is 5.33. The lowest BCUT2D eigenvalue weighted by molar-refractivity contribution is 0.0987. The summed E-state index contributed by atoms with van der Waals surface area (Å²) in [4.78, 5) is 12.8. The van der Waals surface area contributed by atoms with E-state index < -0.39 is 0 Å². The van der Waals surface area contributed by atoms with Crippen molar-refractivity contribution >= 4 is 11.6 Å². The minimum atomic E-state index is -0.308. The molecule has 0 aliphatic heterocycles. The molecular formula is C27H24N2O3. The highest BCUT2D eigenvalue weighted by Gasteiger charge is 2.17. The summed E-state index contributed by atoms with van der Waals surface area (Å²) in [7, 11) is 0. The maximum absolute atomic E-state index is 12.8. The number of hydrazine groups is 1. The van der Waals surface area contributed by atoms with Crippen LogP contribution < -0.4 is 20.3 Å². The Labute approximate surface area is 187 Å². The molecule has 32 heavy (non-hydrogen) atoms.